The lowest BCUT2D eigenvalue weighted by Crippen LogP contribution is -2.04. The number of benzene rings is 1. The Hall–Kier alpha value is -2.94. The average molecular weight is 344 g/mol. The topological polar surface area (TPSA) is 42.0 Å². The van der Waals surface area contributed by atoms with E-state index in [1.807, 2.05) is 42.6 Å². The third-order valence-corrected chi connectivity index (χ3v) is 4.50. The van der Waals surface area contributed by atoms with Gasteiger partial charge in [0.1, 0.15) is 11.6 Å². The van der Waals surface area contributed by atoms with Crippen LogP contribution in [0, 0.1) is 0 Å². The van der Waals surface area contributed by atoms with Crippen LogP contribution in [0.25, 0.3) is 0 Å². The van der Waals surface area contributed by atoms with E-state index in [4.69, 9.17) is 0 Å². The van der Waals surface area contributed by atoms with Crippen LogP contribution in [-0.4, -0.2) is 10.8 Å². The number of ketones is 1. The van der Waals surface area contributed by atoms with E-state index in [0.717, 1.165) is 41.1 Å². The van der Waals surface area contributed by atoms with Gasteiger partial charge in [-0.2, -0.15) is 0 Å². The van der Waals surface area contributed by atoms with Gasteiger partial charge in [-0.15, -0.1) is 0 Å². The Labute approximate surface area is 155 Å². The van der Waals surface area contributed by atoms with Crippen molar-refractivity contribution in [3.8, 4) is 0 Å². The van der Waals surface area contributed by atoms with Crippen LogP contribution < -0.4 is 5.32 Å². The fraction of sp³-hybridized carbons (Fsp3) is 0.217. The fourth-order valence-electron chi connectivity index (χ4n) is 3.08. The lowest BCUT2D eigenvalue weighted by atomic mass is 9.99. The first-order chi connectivity index (χ1) is 12.6. The van der Waals surface area contributed by atoms with Gasteiger partial charge < -0.3 is 5.32 Å². The minimum absolute atomic E-state index is 0.226. The molecule has 3 nitrogen and oxygen atoms in total. The Balaban J connectivity index is 1.91. The number of pyridine rings is 1. The summed E-state index contributed by atoms with van der Waals surface area (Å²) in [7, 11) is 0. The number of fused-ring (bicyclic) bond motifs is 4. The number of carbonyl (C=O) groups excluding carboxylic acids is 1. The van der Waals surface area contributed by atoms with Crippen LogP contribution >= 0.6 is 0 Å². The summed E-state index contributed by atoms with van der Waals surface area (Å²) in [6, 6.07) is 12.1. The van der Waals surface area contributed by atoms with Crippen molar-refractivity contribution in [1.29, 1.82) is 0 Å². The van der Waals surface area contributed by atoms with E-state index in [-0.39, 0.29) is 5.78 Å². The highest BCUT2D eigenvalue weighted by molar-refractivity contribution is 5.81. The molecular formula is C23H24N2O. The number of Topliss-reactive ketones (excluding diaryl/α,β-unsaturated/α-hetero) is 1. The molecule has 0 saturated heterocycles. The molecule has 3 heteroatoms. The number of aromatic nitrogens is 1. The van der Waals surface area contributed by atoms with E-state index in [1.165, 1.54) is 5.56 Å². The summed E-state index contributed by atoms with van der Waals surface area (Å²) in [5, 5.41) is 3.34. The predicted molar refractivity (Wildman–Crippen MR) is 108 cm³/mol. The van der Waals surface area contributed by atoms with Crippen molar-refractivity contribution in [2.24, 2.45) is 0 Å². The molecule has 0 fully saturated rings. The molecule has 1 aliphatic heterocycles. The Kier molecular flexibility index (Phi) is 5.80. The summed E-state index contributed by atoms with van der Waals surface area (Å²) in [5.41, 5.74) is 5.30. The van der Waals surface area contributed by atoms with Gasteiger partial charge in [0.15, 0.2) is 0 Å². The number of hydrogen-bond donors (Lipinski definition) is 1. The van der Waals surface area contributed by atoms with Crippen molar-refractivity contribution in [1.82, 2.24) is 4.98 Å². The van der Waals surface area contributed by atoms with Crippen molar-refractivity contribution in [2.45, 2.75) is 32.1 Å². The number of nitrogens with one attached hydrogen (secondary N) is 1. The molecule has 132 valence electrons. The molecule has 1 aliphatic rings. The van der Waals surface area contributed by atoms with Crippen LogP contribution in [0.1, 0.15) is 30.4 Å². The molecule has 1 aromatic carbocycles. The van der Waals surface area contributed by atoms with Crippen LogP contribution in [0.5, 0.6) is 0 Å². The third kappa shape index (κ3) is 5.03. The maximum Gasteiger partial charge on any atom is 0.137 e. The van der Waals surface area contributed by atoms with Gasteiger partial charge in [0.25, 0.3) is 0 Å². The number of nitrogens with zero attached hydrogens (tertiary/aromatic N) is 1. The second-order valence-electron chi connectivity index (χ2n) is 6.67. The molecule has 3 rings (SSSR count). The molecule has 26 heavy (non-hydrogen) atoms. The Morgan fingerprint density at radius 1 is 1.04 bits per heavy atom. The maximum absolute atomic E-state index is 12.3. The van der Waals surface area contributed by atoms with Crippen LogP contribution in [0.2, 0.25) is 0 Å². The van der Waals surface area contributed by atoms with Crippen molar-refractivity contribution in [3.63, 3.8) is 0 Å². The van der Waals surface area contributed by atoms with Gasteiger partial charge in [0, 0.05) is 24.7 Å². The molecule has 0 amide bonds. The molecule has 1 aromatic heterocycles. The Morgan fingerprint density at radius 3 is 2.77 bits per heavy atom. The number of rotatable bonds is 1. The summed E-state index contributed by atoms with van der Waals surface area (Å²) in [6.45, 7) is 8.01. The molecule has 4 bridgehead atoms. The molecule has 0 saturated carbocycles. The van der Waals surface area contributed by atoms with E-state index in [0.29, 0.717) is 19.3 Å². The molecule has 0 unspecified atom stereocenters. The van der Waals surface area contributed by atoms with Gasteiger partial charge in [-0.3, -0.25) is 4.79 Å². The van der Waals surface area contributed by atoms with Crippen LogP contribution in [-0.2, 0) is 17.6 Å². The molecule has 2 aromatic rings. The van der Waals surface area contributed by atoms with Crippen molar-refractivity contribution < 1.29 is 4.79 Å². The molecule has 1 N–H and O–H groups in total. The van der Waals surface area contributed by atoms with Gasteiger partial charge in [-0.05, 0) is 60.2 Å². The van der Waals surface area contributed by atoms with Gasteiger partial charge in [-0.25, -0.2) is 4.98 Å². The average Bonchev–Trinajstić information content (AvgIpc) is 2.63. The molecular weight excluding hydrogens is 320 g/mol. The first kappa shape index (κ1) is 17.9. The maximum atomic E-state index is 12.3. The number of anilines is 2. The number of carbonyl (C=O) groups is 1. The number of allylic oxidation sites excluding steroid dienone is 4. The summed E-state index contributed by atoms with van der Waals surface area (Å²) >= 11 is 0. The predicted octanol–water partition coefficient (Wildman–Crippen LogP) is 5.33. The van der Waals surface area contributed by atoms with Crippen LogP contribution in [0.3, 0.4) is 0 Å². The van der Waals surface area contributed by atoms with E-state index in [2.05, 4.69) is 35.6 Å². The molecule has 0 atom stereocenters. The zero-order valence-electron chi connectivity index (χ0n) is 15.0. The van der Waals surface area contributed by atoms with Crippen molar-refractivity contribution in [2.75, 3.05) is 5.32 Å². The normalized spacial score (nSPS) is 17.8. The molecule has 0 aliphatic carbocycles. The summed E-state index contributed by atoms with van der Waals surface area (Å²) in [4.78, 5) is 16.7. The molecule has 0 radical (unpaired) electrons. The highest BCUT2D eigenvalue weighted by atomic mass is 16.1. The minimum atomic E-state index is 0.226. The van der Waals surface area contributed by atoms with E-state index in [9.17, 15) is 4.79 Å². The number of aryl methyl sites for hydroxylation is 1. The smallest absolute Gasteiger partial charge is 0.137 e. The highest BCUT2D eigenvalue weighted by Gasteiger charge is 2.07. The quantitative estimate of drug-likeness (QED) is 0.760. The second kappa shape index (κ2) is 8.43. The van der Waals surface area contributed by atoms with Crippen molar-refractivity contribution >= 4 is 17.3 Å². The first-order valence-corrected chi connectivity index (χ1v) is 8.96. The lowest BCUT2D eigenvalue weighted by Gasteiger charge is -2.11. The zero-order chi connectivity index (χ0) is 18.4. The molecule has 2 heterocycles. The first-order valence-electron chi connectivity index (χ1n) is 8.96. The largest absolute Gasteiger partial charge is 0.340 e. The Morgan fingerprint density at radius 2 is 1.92 bits per heavy atom. The standard InChI is InChI=1S/C23H24N2O/c1-3-18-8-9-19-11-12-24-23(16-19)25-21-6-4-5-20(14-21)15-22(26)10-7-17(2)13-18/h3-6,11-14,16H,1-2,7-10,15H2,(H,24,25)/b18-13+. The zero-order valence-corrected chi connectivity index (χ0v) is 15.0. The summed E-state index contributed by atoms with van der Waals surface area (Å²) in [6.07, 6.45) is 9.19. The summed E-state index contributed by atoms with van der Waals surface area (Å²) < 4.78 is 0. The minimum Gasteiger partial charge on any atom is -0.340 e. The SMILES string of the molecule is C=C/C1=C\C(=C)CCC(=O)Cc2cccc(c2)Nc2cc(ccn2)CC1. The fourth-order valence-corrected chi connectivity index (χ4v) is 3.08. The monoisotopic (exact) mass is 344 g/mol. The summed E-state index contributed by atoms with van der Waals surface area (Å²) in [5.74, 6) is 1.04. The van der Waals surface area contributed by atoms with Crippen LogP contribution in [0.15, 0.2) is 79.1 Å². The van der Waals surface area contributed by atoms with Crippen molar-refractivity contribution in [3.05, 3.63) is 90.2 Å². The van der Waals surface area contributed by atoms with Gasteiger partial charge in [0.2, 0.25) is 0 Å². The second-order valence-corrected chi connectivity index (χ2v) is 6.67. The molecule has 0 spiro atoms. The van der Waals surface area contributed by atoms with Gasteiger partial charge >= 0.3 is 0 Å². The van der Waals surface area contributed by atoms with E-state index in [1.54, 1.807) is 0 Å². The third-order valence-electron chi connectivity index (χ3n) is 4.50. The van der Waals surface area contributed by atoms with Crippen LogP contribution in [0.4, 0.5) is 11.5 Å². The van der Waals surface area contributed by atoms with E-state index >= 15 is 0 Å². The number of hydrogen-bond acceptors (Lipinski definition) is 3. The lowest BCUT2D eigenvalue weighted by molar-refractivity contribution is -0.118. The van der Waals surface area contributed by atoms with Gasteiger partial charge in [-0.1, -0.05) is 43.0 Å². The Bertz CT molecular complexity index is 864. The highest BCUT2D eigenvalue weighted by Crippen LogP contribution is 2.21. The van der Waals surface area contributed by atoms with E-state index < -0.39 is 0 Å². The van der Waals surface area contributed by atoms with Gasteiger partial charge in [0.05, 0.1) is 0 Å².